The van der Waals surface area contributed by atoms with Crippen LogP contribution in [-0.2, 0) is 11.3 Å². The van der Waals surface area contributed by atoms with Crippen LogP contribution in [0.3, 0.4) is 0 Å². The zero-order valence-electron chi connectivity index (χ0n) is 8.07. The lowest BCUT2D eigenvalue weighted by Gasteiger charge is -2.05. The Balaban J connectivity index is 2.10. The Hall–Kier alpha value is -1.03. The molecule has 0 unspecified atom stereocenters. The number of rotatable bonds is 6. The number of aromatic nitrogens is 2. The first-order valence-corrected chi connectivity index (χ1v) is 4.69. The normalized spacial score (nSPS) is 10.5. The van der Waals surface area contributed by atoms with Crippen LogP contribution in [0.15, 0.2) is 12.4 Å². The third kappa shape index (κ3) is 3.46. The van der Waals surface area contributed by atoms with Crippen molar-refractivity contribution < 1.29 is 4.74 Å². The third-order valence-electron chi connectivity index (χ3n) is 1.87. The number of ether oxygens (including phenoxy) is 1. The lowest BCUT2D eigenvalue weighted by atomic mass is 10.4. The summed E-state index contributed by atoms with van der Waals surface area (Å²) >= 11 is 0. The van der Waals surface area contributed by atoms with Crippen LogP contribution in [0.4, 0.5) is 5.95 Å². The fraction of sp³-hybridized carbons (Fsp3) is 0.667. The van der Waals surface area contributed by atoms with E-state index < -0.39 is 0 Å². The fourth-order valence-electron chi connectivity index (χ4n) is 1.04. The quantitative estimate of drug-likeness (QED) is 0.676. The van der Waals surface area contributed by atoms with Crippen LogP contribution in [-0.4, -0.2) is 22.8 Å². The minimum absolute atomic E-state index is 0.555. The molecule has 0 atom stereocenters. The standard InChI is InChI=1S/C9H17N3O/c1-2-3-7-13-8-6-12-5-4-11-9(12)10/h4-5H,2-3,6-8H2,1H3,(H2,10,11). The highest BCUT2D eigenvalue weighted by molar-refractivity contribution is 5.16. The third-order valence-corrected chi connectivity index (χ3v) is 1.87. The van der Waals surface area contributed by atoms with E-state index in [1.54, 1.807) is 6.20 Å². The summed E-state index contributed by atoms with van der Waals surface area (Å²) < 4.78 is 7.28. The predicted molar refractivity (Wildman–Crippen MR) is 52.4 cm³/mol. The van der Waals surface area contributed by atoms with Gasteiger partial charge in [0.15, 0.2) is 5.95 Å². The van der Waals surface area contributed by atoms with E-state index in [1.165, 1.54) is 6.42 Å². The molecule has 1 aromatic rings. The van der Waals surface area contributed by atoms with E-state index in [9.17, 15) is 0 Å². The van der Waals surface area contributed by atoms with Crippen molar-refractivity contribution in [3.8, 4) is 0 Å². The Morgan fingerprint density at radius 2 is 2.38 bits per heavy atom. The van der Waals surface area contributed by atoms with E-state index >= 15 is 0 Å². The highest BCUT2D eigenvalue weighted by Gasteiger charge is 1.95. The van der Waals surface area contributed by atoms with Gasteiger partial charge >= 0.3 is 0 Å². The van der Waals surface area contributed by atoms with Crippen LogP contribution in [0.1, 0.15) is 19.8 Å². The van der Waals surface area contributed by atoms with E-state index in [4.69, 9.17) is 10.5 Å². The molecule has 0 saturated carbocycles. The summed E-state index contributed by atoms with van der Waals surface area (Å²) in [5, 5.41) is 0. The van der Waals surface area contributed by atoms with E-state index in [0.29, 0.717) is 12.6 Å². The van der Waals surface area contributed by atoms with Crippen molar-refractivity contribution in [2.24, 2.45) is 0 Å². The second kappa shape index (κ2) is 5.59. The van der Waals surface area contributed by atoms with Gasteiger partial charge in [-0.15, -0.1) is 0 Å². The first kappa shape index (κ1) is 10.1. The predicted octanol–water partition coefficient (Wildman–Crippen LogP) is 1.28. The molecule has 1 heterocycles. The lowest BCUT2D eigenvalue weighted by molar-refractivity contribution is 0.124. The molecule has 0 aliphatic heterocycles. The molecule has 74 valence electrons. The van der Waals surface area contributed by atoms with Crippen LogP contribution in [0.25, 0.3) is 0 Å². The molecule has 0 amide bonds. The van der Waals surface area contributed by atoms with Gasteiger partial charge in [-0.3, -0.25) is 0 Å². The first-order valence-electron chi connectivity index (χ1n) is 4.69. The van der Waals surface area contributed by atoms with Crippen molar-refractivity contribution >= 4 is 5.95 Å². The molecule has 4 nitrogen and oxygen atoms in total. The molecule has 1 aromatic heterocycles. The Morgan fingerprint density at radius 1 is 1.54 bits per heavy atom. The number of hydrogen-bond acceptors (Lipinski definition) is 3. The zero-order valence-corrected chi connectivity index (χ0v) is 8.07. The van der Waals surface area contributed by atoms with Gasteiger partial charge in [-0.1, -0.05) is 13.3 Å². The van der Waals surface area contributed by atoms with Gasteiger partial charge in [0.1, 0.15) is 0 Å². The average molecular weight is 183 g/mol. The van der Waals surface area contributed by atoms with Gasteiger partial charge in [0.25, 0.3) is 0 Å². The van der Waals surface area contributed by atoms with Crippen molar-refractivity contribution in [1.82, 2.24) is 9.55 Å². The number of nitrogen functional groups attached to an aromatic ring is 1. The highest BCUT2D eigenvalue weighted by atomic mass is 16.5. The van der Waals surface area contributed by atoms with Crippen LogP contribution < -0.4 is 5.73 Å². The second-order valence-electron chi connectivity index (χ2n) is 2.94. The van der Waals surface area contributed by atoms with Gasteiger partial charge in [-0.05, 0) is 6.42 Å². The Labute approximate surface area is 78.7 Å². The number of anilines is 1. The Kier molecular flexibility index (Phi) is 4.32. The molecule has 0 radical (unpaired) electrons. The number of hydrogen-bond donors (Lipinski definition) is 1. The van der Waals surface area contributed by atoms with E-state index in [2.05, 4.69) is 11.9 Å². The topological polar surface area (TPSA) is 53.1 Å². The molecule has 0 bridgehead atoms. The number of nitrogens with two attached hydrogens (primary N) is 1. The highest BCUT2D eigenvalue weighted by Crippen LogP contribution is 1.98. The zero-order chi connectivity index (χ0) is 9.52. The molecule has 0 aliphatic carbocycles. The summed E-state index contributed by atoms with van der Waals surface area (Å²) in [4.78, 5) is 3.92. The van der Waals surface area contributed by atoms with Crippen molar-refractivity contribution in [2.75, 3.05) is 18.9 Å². The minimum Gasteiger partial charge on any atom is -0.380 e. The summed E-state index contributed by atoms with van der Waals surface area (Å²) in [6.45, 7) is 4.48. The summed E-state index contributed by atoms with van der Waals surface area (Å²) in [5.74, 6) is 0.555. The maximum atomic E-state index is 5.58. The average Bonchev–Trinajstić information content (AvgIpc) is 2.52. The fourth-order valence-corrected chi connectivity index (χ4v) is 1.04. The van der Waals surface area contributed by atoms with E-state index in [0.717, 1.165) is 19.6 Å². The molecule has 0 aromatic carbocycles. The van der Waals surface area contributed by atoms with Gasteiger partial charge in [-0.2, -0.15) is 0 Å². The Bertz CT molecular complexity index is 235. The van der Waals surface area contributed by atoms with Gasteiger partial charge in [0, 0.05) is 25.5 Å². The lowest BCUT2D eigenvalue weighted by Crippen LogP contribution is -2.08. The molecular weight excluding hydrogens is 166 g/mol. The molecule has 0 spiro atoms. The SMILES string of the molecule is CCCCOCCn1ccnc1N. The van der Waals surface area contributed by atoms with Crippen molar-refractivity contribution in [2.45, 2.75) is 26.3 Å². The van der Waals surface area contributed by atoms with Gasteiger partial charge < -0.3 is 15.0 Å². The minimum atomic E-state index is 0.555. The molecule has 1 rings (SSSR count). The maximum absolute atomic E-state index is 5.58. The van der Waals surface area contributed by atoms with Crippen LogP contribution in [0.5, 0.6) is 0 Å². The maximum Gasteiger partial charge on any atom is 0.200 e. The first-order chi connectivity index (χ1) is 6.34. The molecule has 0 fully saturated rings. The van der Waals surface area contributed by atoms with Crippen LogP contribution >= 0.6 is 0 Å². The van der Waals surface area contributed by atoms with E-state index in [1.807, 2.05) is 10.8 Å². The monoisotopic (exact) mass is 183 g/mol. The Morgan fingerprint density at radius 3 is 3.00 bits per heavy atom. The number of nitrogens with zero attached hydrogens (tertiary/aromatic N) is 2. The van der Waals surface area contributed by atoms with Crippen molar-refractivity contribution in [3.05, 3.63) is 12.4 Å². The molecule has 2 N–H and O–H groups in total. The van der Waals surface area contributed by atoms with Gasteiger partial charge in [0.2, 0.25) is 0 Å². The molecular formula is C9H17N3O. The van der Waals surface area contributed by atoms with Crippen LogP contribution in [0.2, 0.25) is 0 Å². The van der Waals surface area contributed by atoms with Crippen molar-refractivity contribution in [1.29, 1.82) is 0 Å². The molecule has 0 aliphatic rings. The molecule has 4 heteroatoms. The molecule has 0 saturated heterocycles. The summed E-state index contributed by atoms with van der Waals surface area (Å²) in [6.07, 6.45) is 5.85. The summed E-state index contributed by atoms with van der Waals surface area (Å²) in [6, 6.07) is 0. The molecule has 13 heavy (non-hydrogen) atoms. The summed E-state index contributed by atoms with van der Waals surface area (Å²) in [5.41, 5.74) is 5.58. The largest absolute Gasteiger partial charge is 0.380 e. The number of imidazole rings is 1. The number of unbranched alkanes of at least 4 members (excludes halogenated alkanes) is 1. The van der Waals surface area contributed by atoms with Crippen LogP contribution in [0, 0.1) is 0 Å². The second-order valence-corrected chi connectivity index (χ2v) is 2.94. The van der Waals surface area contributed by atoms with Crippen molar-refractivity contribution in [3.63, 3.8) is 0 Å². The van der Waals surface area contributed by atoms with Gasteiger partial charge in [0.05, 0.1) is 6.61 Å². The summed E-state index contributed by atoms with van der Waals surface area (Å²) in [7, 11) is 0. The smallest absolute Gasteiger partial charge is 0.200 e. The van der Waals surface area contributed by atoms with E-state index in [-0.39, 0.29) is 0 Å². The van der Waals surface area contributed by atoms with Gasteiger partial charge in [-0.25, -0.2) is 4.98 Å².